The molecule has 2 aromatic rings. The zero-order valence-corrected chi connectivity index (χ0v) is 13.3. The van der Waals surface area contributed by atoms with E-state index in [0.717, 1.165) is 18.7 Å². The van der Waals surface area contributed by atoms with Gasteiger partial charge in [0.05, 0.1) is 4.92 Å². The van der Waals surface area contributed by atoms with Crippen molar-refractivity contribution >= 4 is 27.3 Å². The maximum Gasteiger partial charge on any atom is 0.270 e. The predicted octanol–water partition coefficient (Wildman–Crippen LogP) is 4.96. The van der Waals surface area contributed by atoms with E-state index in [2.05, 4.69) is 40.3 Å². The molecular formula is C16H17BrN2O2. The smallest absolute Gasteiger partial charge is 0.270 e. The number of rotatable bonds is 6. The highest BCUT2D eigenvalue weighted by molar-refractivity contribution is 9.10. The van der Waals surface area contributed by atoms with Gasteiger partial charge in [0.1, 0.15) is 0 Å². The number of nitrogens with zero attached hydrogens (tertiary/aromatic N) is 1. The van der Waals surface area contributed by atoms with Crippen molar-refractivity contribution in [3.8, 4) is 0 Å². The van der Waals surface area contributed by atoms with E-state index in [-0.39, 0.29) is 5.69 Å². The third-order valence-corrected chi connectivity index (χ3v) is 4.08. The average molecular weight is 349 g/mol. The molecule has 5 heteroatoms. The Bertz CT molecular complexity index is 617. The topological polar surface area (TPSA) is 55.2 Å². The summed E-state index contributed by atoms with van der Waals surface area (Å²) in [7, 11) is 0. The largest absolute Gasteiger partial charge is 0.384 e. The second-order valence-corrected chi connectivity index (χ2v) is 5.80. The molecule has 0 aliphatic rings. The van der Waals surface area contributed by atoms with Crippen molar-refractivity contribution in [3.05, 3.63) is 68.7 Å². The molecule has 0 amide bonds. The van der Waals surface area contributed by atoms with Crippen LogP contribution in [0.3, 0.4) is 0 Å². The minimum Gasteiger partial charge on any atom is -0.384 e. The normalized spacial score (nSPS) is 11.9. The Hall–Kier alpha value is -1.88. The first-order valence-electron chi connectivity index (χ1n) is 6.80. The predicted molar refractivity (Wildman–Crippen MR) is 88.8 cm³/mol. The molecule has 0 saturated carbocycles. The van der Waals surface area contributed by atoms with Gasteiger partial charge in [0, 0.05) is 28.8 Å². The minimum atomic E-state index is -0.397. The van der Waals surface area contributed by atoms with Gasteiger partial charge in [-0.1, -0.05) is 37.3 Å². The minimum absolute atomic E-state index is 0.0880. The molecule has 21 heavy (non-hydrogen) atoms. The summed E-state index contributed by atoms with van der Waals surface area (Å²) in [5.74, 6) is 0.468. The van der Waals surface area contributed by atoms with Crippen molar-refractivity contribution in [1.29, 1.82) is 0 Å². The second-order valence-electron chi connectivity index (χ2n) is 4.95. The van der Waals surface area contributed by atoms with Crippen LogP contribution in [-0.4, -0.2) is 11.5 Å². The summed E-state index contributed by atoms with van der Waals surface area (Å²) in [4.78, 5) is 10.3. The first kappa shape index (κ1) is 15.5. The average Bonchev–Trinajstić information content (AvgIpc) is 2.49. The van der Waals surface area contributed by atoms with Crippen LogP contribution in [0, 0.1) is 10.1 Å². The summed E-state index contributed by atoms with van der Waals surface area (Å²) in [6.45, 7) is 3.01. The maximum absolute atomic E-state index is 10.7. The molecule has 1 atom stereocenters. The Morgan fingerprint density at radius 2 is 1.95 bits per heavy atom. The fourth-order valence-electron chi connectivity index (χ4n) is 2.13. The number of hydrogen-bond acceptors (Lipinski definition) is 3. The molecule has 1 unspecified atom stereocenters. The van der Waals surface area contributed by atoms with Crippen LogP contribution in [-0.2, 0) is 0 Å². The fourth-order valence-corrected chi connectivity index (χ4v) is 2.64. The van der Waals surface area contributed by atoms with Gasteiger partial charge in [0.2, 0.25) is 0 Å². The van der Waals surface area contributed by atoms with Gasteiger partial charge in [-0.2, -0.15) is 0 Å². The van der Waals surface area contributed by atoms with E-state index in [1.807, 2.05) is 18.2 Å². The quantitative estimate of drug-likeness (QED) is 0.592. The Labute approximate surface area is 132 Å². The van der Waals surface area contributed by atoms with Gasteiger partial charge >= 0.3 is 0 Å². The van der Waals surface area contributed by atoms with Crippen molar-refractivity contribution < 1.29 is 4.92 Å². The Kier molecular flexibility index (Phi) is 5.33. The molecule has 0 aliphatic heterocycles. The summed E-state index contributed by atoms with van der Waals surface area (Å²) in [6.07, 6.45) is 0.993. The first-order chi connectivity index (χ1) is 10.1. The van der Waals surface area contributed by atoms with Gasteiger partial charge < -0.3 is 5.32 Å². The van der Waals surface area contributed by atoms with Crippen LogP contribution >= 0.6 is 15.9 Å². The molecule has 2 aromatic carbocycles. The SMILES string of the molecule is CC(CCNc1ccc([N+](=O)[O-])cc1Br)c1ccccc1. The summed E-state index contributed by atoms with van der Waals surface area (Å²) < 4.78 is 0.712. The van der Waals surface area contributed by atoms with Crippen molar-refractivity contribution in [3.63, 3.8) is 0 Å². The van der Waals surface area contributed by atoms with Gasteiger partial charge in [-0.3, -0.25) is 10.1 Å². The van der Waals surface area contributed by atoms with Crippen LogP contribution in [0.5, 0.6) is 0 Å². The number of nitrogens with one attached hydrogen (secondary N) is 1. The number of halogens is 1. The Balaban J connectivity index is 1.90. The van der Waals surface area contributed by atoms with Crippen LogP contribution in [0.15, 0.2) is 53.0 Å². The summed E-state index contributed by atoms with van der Waals surface area (Å²) in [5.41, 5.74) is 2.29. The number of hydrogen-bond donors (Lipinski definition) is 1. The molecule has 0 aliphatic carbocycles. The van der Waals surface area contributed by atoms with E-state index < -0.39 is 4.92 Å². The highest BCUT2D eigenvalue weighted by Crippen LogP contribution is 2.27. The Morgan fingerprint density at radius 1 is 1.24 bits per heavy atom. The molecule has 0 spiro atoms. The van der Waals surface area contributed by atoms with E-state index >= 15 is 0 Å². The van der Waals surface area contributed by atoms with Crippen LogP contribution in [0.25, 0.3) is 0 Å². The van der Waals surface area contributed by atoms with Gasteiger partial charge in [-0.25, -0.2) is 0 Å². The number of non-ortho nitro benzene ring substituents is 1. The van der Waals surface area contributed by atoms with E-state index in [1.165, 1.54) is 17.7 Å². The van der Waals surface area contributed by atoms with E-state index in [1.54, 1.807) is 6.07 Å². The molecule has 0 heterocycles. The summed E-state index contributed by atoms with van der Waals surface area (Å²) in [5, 5.41) is 14.0. The lowest BCUT2D eigenvalue weighted by atomic mass is 9.98. The monoisotopic (exact) mass is 348 g/mol. The standard InChI is InChI=1S/C16H17BrN2O2/c1-12(13-5-3-2-4-6-13)9-10-18-16-8-7-14(19(20)21)11-15(16)17/h2-8,11-12,18H,9-10H2,1H3. The molecule has 0 bridgehead atoms. The lowest BCUT2D eigenvalue weighted by Crippen LogP contribution is -2.06. The molecule has 110 valence electrons. The first-order valence-corrected chi connectivity index (χ1v) is 7.60. The molecule has 2 rings (SSSR count). The summed E-state index contributed by atoms with van der Waals surface area (Å²) >= 11 is 3.36. The van der Waals surface area contributed by atoms with Crippen molar-refractivity contribution in [2.45, 2.75) is 19.3 Å². The van der Waals surface area contributed by atoms with Crippen LogP contribution in [0.4, 0.5) is 11.4 Å². The lowest BCUT2D eigenvalue weighted by Gasteiger charge is -2.13. The van der Waals surface area contributed by atoms with E-state index in [9.17, 15) is 10.1 Å². The third-order valence-electron chi connectivity index (χ3n) is 3.42. The lowest BCUT2D eigenvalue weighted by molar-refractivity contribution is -0.384. The molecule has 1 N–H and O–H groups in total. The highest BCUT2D eigenvalue weighted by atomic mass is 79.9. The van der Waals surface area contributed by atoms with Gasteiger partial charge in [-0.15, -0.1) is 0 Å². The van der Waals surface area contributed by atoms with Crippen molar-refractivity contribution in [2.24, 2.45) is 0 Å². The van der Waals surface area contributed by atoms with Gasteiger partial charge in [0.25, 0.3) is 5.69 Å². The Morgan fingerprint density at radius 3 is 2.57 bits per heavy atom. The number of benzene rings is 2. The summed E-state index contributed by atoms with van der Waals surface area (Å²) in [6, 6.07) is 15.1. The molecule has 0 saturated heterocycles. The van der Waals surface area contributed by atoms with Crippen molar-refractivity contribution in [1.82, 2.24) is 0 Å². The van der Waals surface area contributed by atoms with Gasteiger partial charge in [0.15, 0.2) is 0 Å². The number of nitro groups is 1. The molecular weight excluding hydrogens is 332 g/mol. The zero-order valence-electron chi connectivity index (χ0n) is 11.8. The van der Waals surface area contributed by atoms with Crippen LogP contribution in [0.2, 0.25) is 0 Å². The number of anilines is 1. The van der Waals surface area contributed by atoms with E-state index in [4.69, 9.17) is 0 Å². The van der Waals surface area contributed by atoms with Crippen LogP contribution < -0.4 is 5.32 Å². The van der Waals surface area contributed by atoms with Crippen LogP contribution in [0.1, 0.15) is 24.8 Å². The fraction of sp³-hybridized carbons (Fsp3) is 0.250. The van der Waals surface area contributed by atoms with E-state index in [0.29, 0.717) is 10.4 Å². The molecule has 0 fully saturated rings. The highest BCUT2D eigenvalue weighted by Gasteiger charge is 2.09. The maximum atomic E-state index is 10.7. The van der Waals surface area contributed by atoms with Gasteiger partial charge in [-0.05, 0) is 39.9 Å². The third kappa shape index (κ3) is 4.29. The number of nitro benzene ring substituents is 1. The molecule has 4 nitrogen and oxygen atoms in total. The molecule has 0 aromatic heterocycles. The zero-order chi connectivity index (χ0) is 15.2. The second kappa shape index (κ2) is 7.22. The molecule has 0 radical (unpaired) electrons. The van der Waals surface area contributed by atoms with Crippen molar-refractivity contribution in [2.75, 3.05) is 11.9 Å².